The zero-order valence-electron chi connectivity index (χ0n) is 42.2. The normalized spacial score (nSPS) is 18.0. The molecule has 3 fully saturated rings. The molecule has 0 bridgehead atoms. The second kappa shape index (κ2) is 25.7. The number of piperazine rings is 1. The lowest BCUT2D eigenvalue weighted by atomic mass is 10.00. The lowest BCUT2D eigenvalue weighted by Gasteiger charge is -2.37. The SMILES string of the molecule is O=C(O)CN1CCN(CC(=O)O)CCN(CC(=O)N2CCN(CCNC(=O)c3ccc(-c4ccc5c(C(=O)NCC(=O)N6CCCC6C(=O)c6nc7ccccc7o6)ccnc5c4)cc3)CC2)CCN(CC(=O)O)CC1. The molecule has 76 heavy (non-hydrogen) atoms. The predicted molar refractivity (Wildman–Crippen MR) is 277 cm³/mol. The lowest BCUT2D eigenvalue weighted by Crippen LogP contribution is -2.53. The van der Waals surface area contributed by atoms with Crippen LogP contribution in [0.25, 0.3) is 33.1 Å². The third kappa shape index (κ3) is 14.6. The predicted octanol–water partition coefficient (Wildman–Crippen LogP) is 0.996. The van der Waals surface area contributed by atoms with Crippen molar-refractivity contribution in [2.75, 3.05) is 131 Å². The van der Waals surface area contributed by atoms with E-state index in [0.29, 0.717) is 131 Å². The van der Waals surface area contributed by atoms with Crippen LogP contribution in [0.1, 0.15) is 44.2 Å². The van der Waals surface area contributed by atoms with E-state index in [1.807, 2.05) is 29.2 Å². The van der Waals surface area contributed by atoms with Crippen molar-refractivity contribution in [3.05, 3.63) is 96.0 Å². The largest absolute Gasteiger partial charge is 0.480 e. The van der Waals surface area contributed by atoms with E-state index in [-0.39, 0.29) is 75.2 Å². The Morgan fingerprint density at radius 3 is 1.76 bits per heavy atom. The van der Waals surface area contributed by atoms with E-state index in [2.05, 4.69) is 25.5 Å². The van der Waals surface area contributed by atoms with Crippen molar-refractivity contribution in [3.8, 4) is 11.1 Å². The van der Waals surface area contributed by atoms with Crippen molar-refractivity contribution < 1.29 is 58.1 Å². The number of rotatable bonds is 18. The van der Waals surface area contributed by atoms with Gasteiger partial charge in [-0.05, 0) is 60.4 Å². The van der Waals surface area contributed by atoms with Crippen molar-refractivity contribution in [2.45, 2.75) is 18.9 Å². The van der Waals surface area contributed by atoms with Crippen LogP contribution >= 0.6 is 0 Å². The van der Waals surface area contributed by atoms with Gasteiger partial charge < -0.3 is 40.2 Å². The molecule has 5 heterocycles. The van der Waals surface area contributed by atoms with E-state index in [4.69, 9.17) is 4.42 Å². The van der Waals surface area contributed by atoms with E-state index in [1.54, 1.807) is 68.1 Å². The van der Waals surface area contributed by atoms with Gasteiger partial charge in [0.2, 0.25) is 17.6 Å². The summed E-state index contributed by atoms with van der Waals surface area (Å²) < 4.78 is 5.67. The standard InChI is InChI=1S/C53H63N11O12/c65-45(64-16-3-5-43(64)50(73)53-57-41-4-1-2-6-44(41)76-53)31-56-52(75)40-13-14-54-42-30-38(11-12-39(40)42)36-7-9-37(10-8-36)51(74)55-15-17-58-26-28-63(29-27-58)46(66)32-59-18-20-60(33-47(67)68)22-24-62(35-49(71)72)25-23-61(21-19-59)34-48(69)70/h1-2,4,6-14,30,43H,3,5,15-29,31-35H2,(H,55,74)(H,56,75)(H,67,68)(H,69,70)(H,71,72). The Kier molecular flexibility index (Phi) is 18.4. The van der Waals surface area contributed by atoms with Crippen molar-refractivity contribution in [2.24, 2.45) is 0 Å². The molecule has 23 nitrogen and oxygen atoms in total. The quantitative estimate of drug-likeness (QED) is 0.0766. The fraction of sp³-hybridized carbons (Fsp3) is 0.434. The zero-order chi connectivity index (χ0) is 53.7. The lowest BCUT2D eigenvalue weighted by molar-refractivity contribution is -0.141. The van der Waals surface area contributed by atoms with Crippen LogP contribution in [0.2, 0.25) is 0 Å². The number of carbonyl (C=O) groups excluding carboxylic acids is 5. The number of hydrogen-bond acceptors (Lipinski definition) is 16. The molecule has 2 aromatic heterocycles. The first-order valence-corrected chi connectivity index (χ1v) is 25.5. The van der Waals surface area contributed by atoms with E-state index >= 15 is 0 Å². The third-order valence-corrected chi connectivity index (χ3v) is 14.1. The smallest absolute Gasteiger partial charge is 0.317 e. The topological polar surface area (TPSA) is 283 Å². The number of oxazole rings is 1. The Hall–Kier alpha value is -7.70. The molecule has 4 amide bonds. The molecule has 5 N–H and O–H groups in total. The monoisotopic (exact) mass is 1050 g/mol. The summed E-state index contributed by atoms with van der Waals surface area (Å²) in [6.45, 7) is 5.02. The van der Waals surface area contributed by atoms with Crippen molar-refractivity contribution in [1.82, 2.24) is 54.9 Å². The van der Waals surface area contributed by atoms with Crippen molar-refractivity contribution >= 4 is 69.3 Å². The molecular weight excluding hydrogens is 983 g/mol. The summed E-state index contributed by atoms with van der Waals surface area (Å²) in [5.74, 6) is -4.67. The molecule has 23 heteroatoms. The number of amides is 4. The first-order valence-electron chi connectivity index (χ1n) is 25.5. The summed E-state index contributed by atoms with van der Waals surface area (Å²) in [5.41, 5.74) is 4.06. The molecular formula is C53H63N11O12. The van der Waals surface area contributed by atoms with E-state index in [0.717, 1.165) is 11.1 Å². The fourth-order valence-electron chi connectivity index (χ4n) is 9.88. The Bertz CT molecular complexity index is 2860. The molecule has 0 radical (unpaired) electrons. The number of hydrogen-bond donors (Lipinski definition) is 5. The molecule has 5 aromatic rings. The summed E-state index contributed by atoms with van der Waals surface area (Å²) in [6, 6.07) is 20.6. The fourth-order valence-corrected chi connectivity index (χ4v) is 9.88. The molecule has 1 unspecified atom stereocenters. The number of Topliss-reactive ketones (excluding diaryl/α,β-unsaturated/α-hetero) is 1. The third-order valence-electron chi connectivity index (χ3n) is 14.1. The highest BCUT2D eigenvalue weighted by atomic mass is 16.4. The highest BCUT2D eigenvalue weighted by Gasteiger charge is 2.37. The minimum Gasteiger partial charge on any atom is -0.480 e. The molecule has 3 aliphatic heterocycles. The molecule has 8 rings (SSSR count). The molecule has 0 saturated carbocycles. The van der Waals surface area contributed by atoms with Gasteiger partial charge in [0.05, 0.1) is 43.8 Å². The van der Waals surface area contributed by atoms with Gasteiger partial charge in [-0.3, -0.25) is 67.8 Å². The van der Waals surface area contributed by atoms with E-state index in [9.17, 15) is 53.7 Å². The number of nitrogens with zero attached hydrogens (tertiary/aromatic N) is 9. The minimum atomic E-state index is -1.03. The Labute approximate surface area is 438 Å². The molecule has 0 aliphatic carbocycles. The van der Waals surface area contributed by atoms with Crippen LogP contribution in [0, 0.1) is 0 Å². The van der Waals surface area contributed by atoms with Gasteiger partial charge in [0.25, 0.3) is 17.7 Å². The van der Waals surface area contributed by atoms with Crippen molar-refractivity contribution in [1.29, 1.82) is 0 Å². The number of likely N-dealkylation sites (tertiary alicyclic amines) is 1. The zero-order valence-corrected chi connectivity index (χ0v) is 42.2. The van der Waals surface area contributed by atoms with Gasteiger partial charge in [-0.1, -0.05) is 36.4 Å². The van der Waals surface area contributed by atoms with Crippen LogP contribution in [0.3, 0.4) is 0 Å². The molecule has 1 atom stereocenters. The second-order valence-corrected chi connectivity index (χ2v) is 19.2. The van der Waals surface area contributed by atoms with Crippen LogP contribution in [0.15, 0.2) is 83.4 Å². The van der Waals surface area contributed by atoms with Crippen LogP contribution in [0.4, 0.5) is 0 Å². The maximum absolute atomic E-state index is 13.6. The van der Waals surface area contributed by atoms with Gasteiger partial charge in [-0.15, -0.1) is 0 Å². The number of carboxylic acid groups (broad SMARTS) is 3. The van der Waals surface area contributed by atoms with E-state index in [1.165, 1.54) is 11.1 Å². The Morgan fingerprint density at radius 2 is 1.16 bits per heavy atom. The molecule has 0 spiro atoms. The highest BCUT2D eigenvalue weighted by molar-refractivity contribution is 6.08. The molecule has 402 valence electrons. The number of para-hydroxylation sites is 2. The van der Waals surface area contributed by atoms with Gasteiger partial charge in [-0.2, -0.15) is 0 Å². The van der Waals surface area contributed by atoms with Crippen LogP contribution in [-0.2, 0) is 24.0 Å². The summed E-state index contributed by atoms with van der Waals surface area (Å²) in [7, 11) is 0. The number of carboxylic acids is 3. The number of ketones is 1. The molecule has 3 aromatic carbocycles. The number of pyridine rings is 1. The summed E-state index contributed by atoms with van der Waals surface area (Å²) >= 11 is 0. The summed E-state index contributed by atoms with van der Waals surface area (Å²) in [5, 5.41) is 34.8. The number of benzene rings is 3. The van der Waals surface area contributed by atoms with Gasteiger partial charge in [0, 0.05) is 115 Å². The number of fused-ring (bicyclic) bond motifs is 2. The van der Waals surface area contributed by atoms with Gasteiger partial charge in [0.1, 0.15) is 11.6 Å². The Balaban J connectivity index is 0.779. The maximum Gasteiger partial charge on any atom is 0.317 e. The number of aliphatic carboxylic acids is 3. The highest BCUT2D eigenvalue weighted by Crippen LogP contribution is 2.27. The van der Waals surface area contributed by atoms with Gasteiger partial charge in [0.15, 0.2) is 5.58 Å². The van der Waals surface area contributed by atoms with Gasteiger partial charge in [-0.25, -0.2) is 4.98 Å². The van der Waals surface area contributed by atoms with E-state index < -0.39 is 29.9 Å². The molecule has 3 saturated heterocycles. The second-order valence-electron chi connectivity index (χ2n) is 19.2. The number of carbonyl (C=O) groups is 8. The van der Waals surface area contributed by atoms with Crippen LogP contribution in [0.5, 0.6) is 0 Å². The minimum absolute atomic E-state index is 0.0474. The van der Waals surface area contributed by atoms with Crippen LogP contribution in [-0.4, -0.2) is 244 Å². The average molecular weight is 1050 g/mol. The van der Waals surface area contributed by atoms with Crippen molar-refractivity contribution in [3.63, 3.8) is 0 Å². The number of aromatic nitrogens is 2. The first kappa shape index (κ1) is 54.6. The summed E-state index contributed by atoms with van der Waals surface area (Å²) in [6.07, 6.45) is 2.62. The van der Waals surface area contributed by atoms with Gasteiger partial charge >= 0.3 is 17.9 Å². The maximum atomic E-state index is 13.6. The van der Waals surface area contributed by atoms with Crippen LogP contribution < -0.4 is 10.6 Å². The Morgan fingerprint density at radius 1 is 0.579 bits per heavy atom. The number of nitrogens with one attached hydrogen (secondary N) is 2. The molecule has 3 aliphatic rings. The average Bonchev–Trinajstić information content (AvgIpc) is 4.09. The summed E-state index contributed by atoms with van der Waals surface area (Å²) in [4.78, 5) is 123. The first-order chi connectivity index (χ1) is 36.7.